The fraction of sp³-hybridized carbons (Fsp3) is 0.429. The van der Waals surface area contributed by atoms with Gasteiger partial charge in [0, 0.05) is 6.07 Å². The van der Waals surface area contributed by atoms with Crippen LogP contribution < -0.4 is 5.32 Å². The Bertz CT molecular complexity index is 578. The third-order valence-corrected chi connectivity index (χ3v) is 3.81. The summed E-state index contributed by atoms with van der Waals surface area (Å²) >= 11 is 0. The number of carbonyl (C=O) groups excluding carboxylic acids is 1. The quantitative estimate of drug-likeness (QED) is 0.652. The Morgan fingerprint density at radius 3 is 2.38 bits per heavy atom. The molecule has 1 fully saturated rings. The molecule has 7 heteroatoms. The van der Waals surface area contributed by atoms with E-state index in [0.717, 1.165) is 6.42 Å². The minimum absolute atomic E-state index is 0.117. The van der Waals surface area contributed by atoms with E-state index in [9.17, 15) is 24.8 Å². The van der Waals surface area contributed by atoms with E-state index in [4.69, 9.17) is 0 Å². The van der Waals surface area contributed by atoms with Gasteiger partial charge in [-0.15, -0.1) is 0 Å². The number of benzene rings is 1. The molecule has 0 bridgehead atoms. The summed E-state index contributed by atoms with van der Waals surface area (Å²) in [7, 11) is 0. The van der Waals surface area contributed by atoms with E-state index < -0.39 is 22.3 Å². The second-order valence-corrected chi connectivity index (χ2v) is 5.18. The molecule has 1 aromatic carbocycles. The number of nitrogens with one attached hydrogen (secondary N) is 1. The number of carboxylic acids is 1. The highest BCUT2D eigenvalue weighted by Gasteiger charge is 2.41. The Hall–Kier alpha value is -2.44. The van der Waals surface area contributed by atoms with Crippen LogP contribution in [0.15, 0.2) is 24.3 Å². The Morgan fingerprint density at radius 2 is 1.81 bits per heavy atom. The molecule has 0 spiro atoms. The number of nitrogens with zero attached hydrogens (tertiary/aromatic N) is 1. The van der Waals surface area contributed by atoms with E-state index in [2.05, 4.69) is 5.32 Å². The first-order chi connectivity index (χ1) is 9.96. The molecule has 7 nitrogen and oxygen atoms in total. The van der Waals surface area contributed by atoms with Crippen molar-refractivity contribution in [3.63, 3.8) is 0 Å². The van der Waals surface area contributed by atoms with Gasteiger partial charge in [-0.25, -0.2) is 4.79 Å². The van der Waals surface area contributed by atoms with Crippen LogP contribution in [-0.2, 0) is 4.79 Å². The molecule has 0 radical (unpaired) electrons. The lowest BCUT2D eigenvalue weighted by Crippen LogP contribution is -2.55. The maximum atomic E-state index is 12.3. The van der Waals surface area contributed by atoms with Gasteiger partial charge in [0.2, 0.25) is 0 Å². The standard InChI is InChI=1S/C14H16N2O5/c17-12(10-6-2-3-7-11(10)16(20)21)15-14(13(18)19)8-4-1-5-9-14/h2-3,6-7H,1,4-5,8-9H2,(H,15,17)(H,18,19). The van der Waals surface area contributed by atoms with E-state index in [1.165, 1.54) is 24.3 Å². The summed E-state index contributed by atoms with van der Waals surface area (Å²) in [5, 5.41) is 22.9. The van der Waals surface area contributed by atoms with Crippen LogP contribution in [0.4, 0.5) is 5.69 Å². The molecular weight excluding hydrogens is 276 g/mol. The van der Waals surface area contributed by atoms with Crippen molar-refractivity contribution in [1.29, 1.82) is 0 Å². The van der Waals surface area contributed by atoms with Gasteiger partial charge < -0.3 is 10.4 Å². The van der Waals surface area contributed by atoms with Crippen LogP contribution in [0, 0.1) is 10.1 Å². The number of aliphatic carboxylic acids is 1. The van der Waals surface area contributed by atoms with Crippen LogP contribution in [0.3, 0.4) is 0 Å². The highest BCUT2D eigenvalue weighted by Crippen LogP contribution is 2.29. The molecule has 1 amide bonds. The normalized spacial score (nSPS) is 17.0. The molecular formula is C14H16N2O5. The Morgan fingerprint density at radius 1 is 1.19 bits per heavy atom. The Labute approximate surface area is 121 Å². The number of hydrogen-bond donors (Lipinski definition) is 2. The summed E-state index contributed by atoms with van der Waals surface area (Å²) in [6, 6.07) is 5.52. The molecule has 112 valence electrons. The molecule has 0 aromatic heterocycles. The molecule has 0 atom stereocenters. The van der Waals surface area contributed by atoms with Crippen molar-refractivity contribution in [1.82, 2.24) is 5.32 Å². The number of para-hydroxylation sites is 1. The second-order valence-electron chi connectivity index (χ2n) is 5.18. The molecule has 0 saturated heterocycles. The maximum absolute atomic E-state index is 12.3. The summed E-state index contributed by atoms with van der Waals surface area (Å²) in [5.41, 5.74) is -1.76. The van der Waals surface area contributed by atoms with E-state index in [1.807, 2.05) is 0 Å². The van der Waals surface area contributed by atoms with Crippen molar-refractivity contribution in [2.45, 2.75) is 37.6 Å². The molecule has 2 rings (SSSR count). The van der Waals surface area contributed by atoms with Crippen LogP contribution in [0.2, 0.25) is 0 Å². The highest BCUT2D eigenvalue weighted by molar-refractivity contribution is 6.00. The third-order valence-electron chi connectivity index (χ3n) is 3.81. The molecule has 1 aliphatic carbocycles. The molecule has 0 heterocycles. The van der Waals surface area contributed by atoms with Gasteiger partial charge in [0.15, 0.2) is 0 Å². The lowest BCUT2D eigenvalue weighted by Gasteiger charge is -2.33. The van der Waals surface area contributed by atoms with E-state index in [1.54, 1.807) is 0 Å². The minimum Gasteiger partial charge on any atom is -0.480 e. The van der Waals surface area contributed by atoms with Gasteiger partial charge in [-0.05, 0) is 18.9 Å². The number of rotatable bonds is 4. The second kappa shape index (κ2) is 5.90. The Kier molecular flexibility index (Phi) is 4.21. The summed E-state index contributed by atoms with van der Waals surface area (Å²) in [5.74, 6) is -1.80. The fourth-order valence-corrected chi connectivity index (χ4v) is 2.66. The maximum Gasteiger partial charge on any atom is 0.329 e. The molecule has 21 heavy (non-hydrogen) atoms. The molecule has 0 unspecified atom stereocenters. The van der Waals surface area contributed by atoms with Gasteiger partial charge >= 0.3 is 5.97 Å². The van der Waals surface area contributed by atoms with Crippen molar-refractivity contribution in [2.75, 3.05) is 0 Å². The van der Waals surface area contributed by atoms with Crippen molar-refractivity contribution in [3.05, 3.63) is 39.9 Å². The predicted molar refractivity (Wildman–Crippen MR) is 74.0 cm³/mol. The van der Waals surface area contributed by atoms with Crippen molar-refractivity contribution in [2.24, 2.45) is 0 Å². The van der Waals surface area contributed by atoms with Gasteiger partial charge in [0.05, 0.1) is 4.92 Å². The number of nitro groups is 1. The number of hydrogen-bond acceptors (Lipinski definition) is 4. The fourth-order valence-electron chi connectivity index (χ4n) is 2.66. The molecule has 1 aliphatic rings. The van der Waals surface area contributed by atoms with Gasteiger partial charge in [-0.3, -0.25) is 14.9 Å². The SMILES string of the molecule is O=C(NC1(C(=O)O)CCCCC1)c1ccccc1[N+](=O)[O-]. The first kappa shape index (κ1) is 15.0. The molecule has 2 N–H and O–H groups in total. The molecule has 1 saturated carbocycles. The molecule has 1 aromatic rings. The van der Waals surface area contributed by atoms with Crippen molar-refractivity contribution >= 4 is 17.6 Å². The average molecular weight is 292 g/mol. The topological polar surface area (TPSA) is 110 Å². The third kappa shape index (κ3) is 3.01. The monoisotopic (exact) mass is 292 g/mol. The van der Waals surface area contributed by atoms with Crippen molar-refractivity contribution < 1.29 is 19.6 Å². The first-order valence-electron chi connectivity index (χ1n) is 6.76. The van der Waals surface area contributed by atoms with Crippen LogP contribution in [0.1, 0.15) is 42.5 Å². The van der Waals surface area contributed by atoms with Crippen molar-refractivity contribution in [3.8, 4) is 0 Å². The summed E-state index contributed by atoms with van der Waals surface area (Å²) in [6.45, 7) is 0. The highest BCUT2D eigenvalue weighted by atomic mass is 16.6. The zero-order valence-corrected chi connectivity index (χ0v) is 11.4. The number of carboxylic acid groups (broad SMARTS) is 1. The lowest BCUT2D eigenvalue weighted by atomic mass is 9.81. The van der Waals surface area contributed by atoms with Gasteiger partial charge in [0.25, 0.3) is 11.6 Å². The number of amides is 1. The summed E-state index contributed by atoms with van der Waals surface area (Å²) < 4.78 is 0. The zero-order chi connectivity index (χ0) is 15.5. The van der Waals surface area contributed by atoms with Crippen LogP contribution >= 0.6 is 0 Å². The lowest BCUT2D eigenvalue weighted by molar-refractivity contribution is -0.385. The summed E-state index contributed by atoms with van der Waals surface area (Å²) in [4.78, 5) is 34.1. The smallest absolute Gasteiger partial charge is 0.329 e. The predicted octanol–water partition coefficient (Wildman–Crippen LogP) is 2.11. The van der Waals surface area contributed by atoms with E-state index >= 15 is 0 Å². The Balaban J connectivity index is 2.28. The largest absolute Gasteiger partial charge is 0.480 e. The van der Waals surface area contributed by atoms with Crippen LogP contribution in [-0.4, -0.2) is 27.4 Å². The van der Waals surface area contributed by atoms with E-state index in [0.29, 0.717) is 25.7 Å². The summed E-state index contributed by atoms with van der Waals surface area (Å²) in [6.07, 6.45) is 3.03. The molecule has 0 aliphatic heterocycles. The number of carbonyl (C=O) groups is 2. The van der Waals surface area contributed by atoms with Crippen LogP contribution in [0.5, 0.6) is 0 Å². The average Bonchev–Trinajstić information content (AvgIpc) is 2.48. The zero-order valence-electron chi connectivity index (χ0n) is 11.4. The van der Waals surface area contributed by atoms with E-state index in [-0.39, 0.29) is 11.3 Å². The van der Waals surface area contributed by atoms with Crippen LogP contribution in [0.25, 0.3) is 0 Å². The van der Waals surface area contributed by atoms with Gasteiger partial charge in [-0.2, -0.15) is 0 Å². The van der Waals surface area contributed by atoms with Gasteiger partial charge in [-0.1, -0.05) is 31.4 Å². The van der Waals surface area contributed by atoms with Gasteiger partial charge in [0.1, 0.15) is 11.1 Å². The minimum atomic E-state index is -1.32. The number of nitro benzene ring substituents is 1. The first-order valence-corrected chi connectivity index (χ1v) is 6.76.